The molecule has 2 unspecified atom stereocenters. The second-order valence-corrected chi connectivity index (χ2v) is 8.85. The van der Waals surface area contributed by atoms with Crippen molar-refractivity contribution in [2.45, 2.75) is 12.8 Å². The minimum Gasteiger partial charge on any atom is -0.497 e. The van der Waals surface area contributed by atoms with Crippen LogP contribution in [0.15, 0.2) is 24.3 Å². The first kappa shape index (κ1) is 17.7. The van der Waals surface area contributed by atoms with Crippen molar-refractivity contribution in [2.75, 3.05) is 36.6 Å². The molecule has 2 heterocycles. The number of carbonyl (C=O) groups excluding carboxylic acids is 2. The zero-order chi connectivity index (χ0) is 18.0. The fourth-order valence-electron chi connectivity index (χ4n) is 3.33. The highest BCUT2D eigenvalue weighted by Gasteiger charge is 2.36. The Morgan fingerprint density at radius 3 is 2.88 bits per heavy atom. The van der Waals surface area contributed by atoms with Gasteiger partial charge in [-0.3, -0.25) is 9.59 Å². The van der Waals surface area contributed by atoms with Crippen molar-refractivity contribution < 1.29 is 22.7 Å². The summed E-state index contributed by atoms with van der Waals surface area (Å²) in [5, 5.41) is 2.81. The predicted molar refractivity (Wildman–Crippen MR) is 93.2 cm³/mol. The van der Waals surface area contributed by atoms with Gasteiger partial charge in [0.25, 0.3) is 0 Å². The lowest BCUT2D eigenvalue weighted by molar-refractivity contribution is -0.126. The van der Waals surface area contributed by atoms with Crippen molar-refractivity contribution in [2.24, 2.45) is 11.8 Å². The van der Waals surface area contributed by atoms with Crippen molar-refractivity contribution >= 4 is 27.3 Å². The van der Waals surface area contributed by atoms with Crippen LogP contribution in [0, 0.1) is 11.8 Å². The first-order valence-corrected chi connectivity index (χ1v) is 10.1. The second kappa shape index (κ2) is 7.03. The van der Waals surface area contributed by atoms with Crippen molar-refractivity contribution in [3.05, 3.63) is 24.3 Å². The van der Waals surface area contributed by atoms with Gasteiger partial charge in [0.05, 0.1) is 24.5 Å². The summed E-state index contributed by atoms with van der Waals surface area (Å²) in [6.45, 7) is 0.669. The van der Waals surface area contributed by atoms with Gasteiger partial charge in [0.15, 0.2) is 9.84 Å². The number of ether oxygens (including phenoxy) is 1. The van der Waals surface area contributed by atoms with Crippen LogP contribution in [-0.2, 0) is 19.4 Å². The highest BCUT2D eigenvalue weighted by molar-refractivity contribution is 7.91. The van der Waals surface area contributed by atoms with Crippen LogP contribution < -0.4 is 15.0 Å². The maximum atomic E-state index is 12.3. The Kier molecular flexibility index (Phi) is 4.99. The molecule has 0 spiro atoms. The van der Waals surface area contributed by atoms with Gasteiger partial charge in [-0.25, -0.2) is 8.42 Å². The van der Waals surface area contributed by atoms with Gasteiger partial charge in [0.2, 0.25) is 11.8 Å². The summed E-state index contributed by atoms with van der Waals surface area (Å²) in [5.41, 5.74) is 0.710. The smallest absolute Gasteiger partial charge is 0.227 e. The molecule has 2 saturated heterocycles. The maximum Gasteiger partial charge on any atom is 0.227 e. The van der Waals surface area contributed by atoms with Crippen LogP contribution in [0.1, 0.15) is 12.8 Å². The van der Waals surface area contributed by atoms with Gasteiger partial charge >= 0.3 is 0 Å². The molecule has 25 heavy (non-hydrogen) atoms. The molecule has 8 heteroatoms. The SMILES string of the molecule is COc1cccc(N2CC(C(=O)NCC3CCS(=O)(=O)C3)CC2=O)c1. The average molecular weight is 366 g/mol. The predicted octanol–water partition coefficient (Wildman–Crippen LogP) is 0.599. The normalized spacial score (nSPS) is 25.2. The molecule has 0 bridgehead atoms. The summed E-state index contributed by atoms with van der Waals surface area (Å²) < 4.78 is 28.1. The van der Waals surface area contributed by atoms with Crippen LogP contribution in [0.4, 0.5) is 5.69 Å². The van der Waals surface area contributed by atoms with E-state index >= 15 is 0 Å². The Labute approximate surface area is 147 Å². The lowest BCUT2D eigenvalue weighted by atomic mass is 10.1. The number of amides is 2. The number of rotatable bonds is 5. The van der Waals surface area contributed by atoms with E-state index < -0.39 is 15.8 Å². The molecule has 3 rings (SSSR count). The standard InChI is InChI=1S/C17H22N2O5S/c1-24-15-4-2-3-14(8-15)19-10-13(7-16(19)20)17(21)18-9-12-5-6-25(22,23)11-12/h2-4,8,12-13H,5-7,9-11H2,1H3,(H,18,21). The van der Waals surface area contributed by atoms with Crippen molar-refractivity contribution in [1.82, 2.24) is 5.32 Å². The van der Waals surface area contributed by atoms with Gasteiger partial charge in [-0.05, 0) is 24.5 Å². The molecule has 0 aliphatic carbocycles. The molecule has 7 nitrogen and oxygen atoms in total. The number of sulfone groups is 1. The molecule has 0 saturated carbocycles. The molecule has 1 N–H and O–H groups in total. The molecule has 0 aromatic heterocycles. The van der Waals surface area contributed by atoms with Gasteiger partial charge in [-0.2, -0.15) is 0 Å². The molecule has 136 valence electrons. The Morgan fingerprint density at radius 2 is 2.20 bits per heavy atom. The van der Waals surface area contributed by atoms with Crippen LogP contribution in [0.3, 0.4) is 0 Å². The van der Waals surface area contributed by atoms with Crippen LogP contribution in [0.2, 0.25) is 0 Å². The zero-order valence-electron chi connectivity index (χ0n) is 14.1. The lowest BCUT2D eigenvalue weighted by Gasteiger charge is -2.18. The maximum absolute atomic E-state index is 12.3. The largest absolute Gasteiger partial charge is 0.497 e. The van der Waals surface area contributed by atoms with Crippen molar-refractivity contribution in [1.29, 1.82) is 0 Å². The average Bonchev–Trinajstić information content (AvgIpc) is 3.15. The number of nitrogens with one attached hydrogen (secondary N) is 1. The molecule has 2 fully saturated rings. The van der Waals surface area contributed by atoms with Crippen LogP contribution in [-0.4, -0.2) is 51.9 Å². The van der Waals surface area contributed by atoms with Gasteiger partial charge in [-0.1, -0.05) is 6.07 Å². The minimum atomic E-state index is -2.95. The summed E-state index contributed by atoms with van der Waals surface area (Å²) in [6, 6.07) is 7.17. The summed E-state index contributed by atoms with van der Waals surface area (Å²) >= 11 is 0. The minimum absolute atomic E-state index is 0.0273. The second-order valence-electron chi connectivity index (χ2n) is 6.62. The number of hydrogen-bond acceptors (Lipinski definition) is 5. The molecule has 2 amide bonds. The third kappa shape index (κ3) is 4.12. The molecule has 0 radical (unpaired) electrons. The number of anilines is 1. The summed E-state index contributed by atoms with van der Waals surface area (Å²) in [5.74, 6) is 0.240. The third-order valence-corrected chi connectivity index (χ3v) is 6.59. The summed E-state index contributed by atoms with van der Waals surface area (Å²) in [4.78, 5) is 26.2. The molecule has 2 atom stereocenters. The number of methoxy groups -OCH3 is 1. The fourth-order valence-corrected chi connectivity index (χ4v) is 5.20. The van der Waals surface area contributed by atoms with E-state index in [4.69, 9.17) is 4.74 Å². The molecule has 2 aliphatic heterocycles. The van der Waals surface area contributed by atoms with Crippen molar-refractivity contribution in [3.63, 3.8) is 0 Å². The highest BCUT2D eigenvalue weighted by Crippen LogP contribution is 2.28. The Balaban J connectivity index is 1.57. The first-order valence-electron chi connectivity index (χ1n) is 8.30. The molecule has 2 aliphatic rings. The first-order chi connectivity index (χ1) is 11.9. The van der Waals surface area contributed by atoms with E-state index in [0.717, 1.165) is 0 Å². The van der Waals surface area contributed by atoms with Gasteiger partial charge in [0.1, 0.15) is 5.75 Å². The number of hydrogen-bond donors (Lipinski definition) is 1. The zero-order valence-corrected chi connectivity index (χ0v) is 14.9. The Morgan fingerprint density at radius 1 is 1.40 bits per heavy atom. The van der Waals surface area contributed by atoms with Gasteiger partial charge in [-0.15, -0.1) is 0 Å². The van der Waals surface area contributed by atoms with E-state index in [1.165, 1.54) is 0 Å². The van der Waals surface area contributed by atoms with Crippen LogP contribution in [0.25, 0.3) is 0 Å². The van der Waals surface area contributed by atoms with E-state index in [1.807, 2.05) is 6.07 Å². The monoisotopic (exact) mass is 366 g/mol. The molecular weight excluding hydrogens is 344 g/mol. The van der Waals surface area contributed by atoms with Gasteiger partial charge in [0, 0.05) is 31.3 Å². The molecule has 1 aromatic rings. The summed E-state index contributed by atoms with van der Waals surface area (Å²) in [7, 11) is -1.39. The van der Waals surface area contributed by atoms with Crippen LogP contribution >= 0.6 is 0 Å². The third-order valence-electron chi connectivity index (χ3n) is 4.75. The van der Waals surface area contributed by atoms with E-state index in [9.17, 15) is 18.0 Å². The quantitative estimate of drug-likeness (QED) is 0.824. The number of benzene rings is 1. The van der Waals surface area contributed by atoms with E-state index in [2.05, 4.69) is 5.32 Å². The number of carbonyl (C=O) groups is 2. The summed E-state index contributed by atoms with van der Waals surface area (Å²) in [6.07, 6.45) is 0.744. The molecular formula is C17H22N2O5S. The number of nitrogens with zero attached hydrogens (tertiary/aromatic N) is 1. The lowest BCUT2D eigenvalue weighted by Crippen LogP contribution is -2.36. The van der Waals surface area contributed by atoms with Gasteiger partial charge < -0.3 is 15.0 Å². The molecule has 1 aromatic carbocycles. The van der Waals surface area contributed by atoms with E-state index in [0.29, 0.717) is 30.9 Å². The topological polar surface area (TPSA) is 92.8 Å². The fraction of sp³-hybridized carbons (Fsp3) is 0.529. The Bertz CT molecular complexity index is 777. The van der Waals surface area contributed by atoms with Crippen LogP contribution in [0.5, 0.6) is 5.75 Å². The van der Waals surface area contributed by atoms with E-state index in [-0.39, 0.29) is 35.7 Å². The van der Waals surface area contributed by atoms with Crippen molar-refractivity contribution in [3.8, 4) is 5.75 Å². The highest BCUT2D eigenvalue weighted by atomic mass is 32.2. The van der Waals surface area contributed by atoms with E-state index in [1.54, 1.807) is 30.2 Å². The Hall–Kier alpha value is -2.09.